The summed E-state index contributed by atoms with van der Waals surface area (Å²) in [7, 11) is 0. The molecule has 1 aromatic heterocycles. The van der Waals surface area contributed by atoms with Crippen molar-refractivity contribution in [1.29, 1.82) is 0 Å². The molecule has 0 bridgehead atoms. The van der Waals surface area contributed by atoms with E-state index in [0.29, 0.717) is 17.5 Å². The van der Waals surface area contributed by atoms with Crippen molar-refractivity contribution in [3.8, 4) is 22.9 Å². The molecule has 0 amide bonds. The van der Waals surface area contributed by atoms with Crippen LogP contribution in [-0.2, 0) is 0 Å². The second kappa shape index (κ2) is 9.51. The molecule has 0 saturated heterocycles. The van der Waals surface area contributed by atoms with Crippen LogP contribution in [0.1, 0.15) is 11.1 Å². The van der Waals surface area contributed by atoms with E-state index in [2.05, 4.69) is 28.2 Å². The van der Waals surface area contributed by atoms with Crippen LogP contribution in [0.2, 0.25) is 0 Å². The fourth-order valence-corrected chi connectivity index (χ4v) is 3.67. The van der Waals surface area contributed by atoms with E-state index in [4.69, 9.17) is 14.9 Å². The molecule has 3 aromatic carbocycles. The van der Waals surface area contributed by atoms with Crippen molar-refractivity contribution in [2.24, 2.45) is 0 Å². The van der Waals surface area contributed by atoms with Gasteiger partial charge in [-0.3, -0.25) is 15.4 Å². The van der Waals surface area contributed by atoms with Crippen molar-refractivity contribution < 1.29 is 9.94 Å². The van der Waals surface area contributed by atoms with E-state index >= 15 is 0 Å². The molecule has 156 valence electrons. The molecular weight excluding hydrogens is 408 g/mol. The molecule has 0 atom stereocenters. The number of aromatic nitrogens is 2. The van der Waals surface area contributed by atoms with Crippen LogP contribution < -0.4 is 14.9 Å². The normalized spacial score (nSPS) is 10.5. The van der Waals surface area contributed by atoms with Gasteiger partial charge in [0, 0.05) is 16.5 Å². The summed E-state index contributed by atoms with van der Waals surface area (Å²) in [5, 5.41) is 9.11. The molecular formula is C24H22N4O2S. The molecule has 0 aliphatic heterocycles. The van der Waals surface area contributed by atoms with Crippen molar-refractivity contribution in [3.05, 3.63) is 90.0 Å². The molecule has 0 aliphatic rings. The third-order valence-electron chi connectivity index (χ3n) is 4.66. The van der Waals surface area contributed by atoms with Gasteiger partial charge >= 0.3 is 0 Å². The topological polar surface area (TPSA) is 79.3 Å². The lowest BCUT2D eigenvalue weighted by Crippen LogP contribution is -2.00. The SMILES string of the molecule is Cc1ccccc1Oc1cc(-c2ccccc2C)nc(NSc2cccc(NO)c2)n1. The van der Waals surface area contributed by atoms with Crippen LogP contribution in [-0.4, -0.2) is 15.2 Å². The second-order valence-corrected chi connectivity index (χ2v) is 7.82. The van der Waals surface area contributed by atoms with Gasteiger partial charge in [0.1, 0.15) is 5.75 Å². The Kier molecular flexibility index (Phi) is 6.35. The summed E-state index contributed by atoms with van der Waals surface area (Å²) < 4.78 is 9.28. The lowest BCUT2D eigenvalue weighted by atomic mass is 10.1. The van der Waals surface area contributed by atoms with Gasteiger partial charge in [-0.2, -0.15) is 4.98 Å². The van der Waals surface area contributed by atoms with Gasteiger partial charge in [-0.25, -0.2) is 4.98 Å². The highest BCUT2D eigenvalue weighted by Crippen LogP contribution is 2.30. The summed E-state index contributed by atoms with van der Waals surface area (Å²) in [6.07, 6.45) is 0. The molecule has 4 rings (SSSR count). The van der Waals surface area contributed by atoms with Crippen LogP contribution in [0, 0.1) is 13.8 Å². The summed E-state index contributed by atoms with van der Waals surface area (Å²) in [5.41, 5.74) is 6.67. The van der Waals surface area contributed by atoms with Crippen molar-refractivity contribution in [2.75, 3.05) is 10.2 Å². The molecule has 1 heterocycles. The van der Waals surface area contributed by atoms with Crippen molar-refractivity contribution in [1.82, 2.24) is 9.97 Å². The third kappa shape index (κ3) is 5.14. The molecule has 0 unspecified atom stereocenters. The molecule has 31 heavy (non-hydrogen) atoms. The Morgan fingerprint density at radius 2 is 1.61 bits per heavy atom. The number of para-hydroxylation sites is 1. The Morgan fingerprint density at radius 3 is 2.39 bits per heavy atom. The van der Waals surface area contributed by atoms with Gasteiger partial charge in [-0.05, 0) is 61.2 Å². The first-order chi connectivity index (χ1) is 15.1. The highest BCUT2D eigenvalue weighted by atomic mass is 32.2. The van der Waals surface area contributed by atoms with Crippen LogP contribution in [0.5, 0.6) is 11.6 Å². The van der Waals surface area contributed by atoms with Crippen molar-refractivity contribution in [3.63, 3.8) is 0 Å². The Balaban J connectivity index is 1.67. The number of ether oxygens (including phenoxy) is 1. The Morgan fingerprint density at radius 1 is 0.839 bits per heavy atom. The molecule has 0 aliphatic carbocycles. The van der Waals surface area contributed by atoms with Crippen molar-refractivity contribution in [2.45, 2.75) is 18.7 Å². The van der Waals surface area contributed by atoms with Crippen LogP contribution in [0.15, 0.2) is 83.8 Å². The maximum absolute atomic E-state index is 9.11. The lowest BCUT2D eigenvalue weighted by Gasteiger charge is -2.13. The largest absolute Gasteiger partial charge is 0.439 e. The molecule has 4 aromatic rings. The smallest absolute Gasteiger partial charge is 0.237 e. The summed E-state index contributed by atoms with van der Waals surface area (Å²) in [6.45, 7) is 4.05. The van der Waals surface area contributed by atoms with Gasteiger partial charge in [-0.15, -0.1) is 0 Å². The zero-order chi connectivity index (χ0) is 21.6. The first kappa shape index (κ1) is 20.7. The Labute approximate surface area is 185 Å². The number of aryl methyl sites for hydroxylation is 2. The standard InChI is InChI=1S/C24H22N4O2S/c1-16-8-3-5-12-20(16)21-15-23(30-22-13-6-4-9-17(22)2)26-24(25-21)28-31-19-11-7-10-18(14-19)27-29/h3-15,27,29H,1-2H3,(H,25,26,28). The van der Waals surface area contributed by atoms with E-state index < -0.39 is 0 Å². The fourth-order valence-electron chi connectivity index (χ4n) is 3.04. The monoisotopic (exact) mass is 430 g/mol. The Hall–Kier alpha value is -3.55. The van der Waals surface area contributed by atoms with E-state index in [1.54, 1.807) is 6.07 Å². The number of nitrogens with one attached hydrogen (secondary N) is 2. The number of anilines is 2. The van der Waals surface area contributed by atoms with Crippen LogP contribution >= 0.6 is 11.9 Å². The van der Waals surface area contributed by atoms with Crippen LogP contribution in [0.4, 0.5) is 11.6 Å². The summed E-state index contributed by atoms with van der Waals surface area (Å²) in [5.74, 6) is 1.63. The quantitative estimate of drug-likeness (QED) is 0.229. The lowest BCUT2D eigenvalue weighted by molar-refractivity contribution is 0.389. The Bertz CT molecular complexity index is 1200. The van der Waals surface area contributed by atoms with Gasteiger partial charge in [0.25, 0.3) is 0 Å². The van der Waals surface area contributed by atoms with Gasteiger partial charge in [0.15, 0.2) is 0 Å². The van der Waals surface area contributed by atoms with E-state index in [1.807, 2.05) is 73.7 Å². The second-order valence-electron chi connectivity index (χ2n) is 6.94. The van der Waals surface area contributed by atoms with Gasteiger partial charge in [-0.1, -0.05) is 48.5 Å². The predicted molar refractivity (Wildman–Crippen MR) is 125 cm³/mol. The highest BCUT2D eigenvalue weighted by Gasteiger charge is 2.11. The van der Waals surface area contributed by atoms with Crippen LogP contribution in [0.25, 0.3) is 11.3 Å². The van der Waals surface area contributed by atoms with Gasteiger partial charge in [0.2, 0.25) is 11.8 Å². The average molecular weight is 431 g/mol. The summed E-state index contributed by atoms with van der Waals surface area (Å²) in [4.78, 5) is 10.1. The fraction of sp³-hybridized carbons (Fsp3) is 0.0833. The van der Waals surface area contributed by atoms with Crippen molar-refractivity contribution >= 4 is 23.6 Å². The summed E-state index contributed by atoms with van der Waals surface area (Å²) >= 11 is 1.35. The third-order valence-corrected chi connectivity index (χ3v) is 5.43. The molecule has 0 saturated carbocycles. The van der Waals surface area contributed by atoms with E-state index in [9.17, 15) is 0 Å². The predicted octanol–water partition coefficient (Wildman–Crippen LogP) is 6.47. The van der Waals surface area contributed by atoms with Gasteiger partial charge in [0.05, 0.1) is 11.4 Å². The summed E-state index contributed by atoms with van der Waals surface area (Å²) in [6, 6.07) is 25.1. The molecule has 0 spiro atoms. The van der Waals surface area contributed by atoms with Crippen LogP contribution in [0.3, 0.4) is 0 Å². The molecule has 0 radical (unpaired) electrons. The number of nitrogens with zero attached hydrogens (tertiary/aromatic N) is 2. The maximum Gasteiger partial charge on any atom is 0.237 e. The molecule has 6 nitrogen and oxygen atoms in total. The first-order valence-corrected chi connectivity index (χ1v) is 10.6. The molecule has 7 heteroatoms. The molecule has 3 N–H and O–H groups in total. The maximum atomic E-state index is 9.11. The minimum atomic E-state index is 0.427. The highest BCUT2D eigenvalue weighted by molar-refractivity contribution is 8.00. The number of benzene rings is 3. The minimum Gasteiger partial charge on any atom is -0.439 e. The van der Waals surface area contributed by atoms with E-state index in [-0.39, 0.29) is 0 Å². The average Bonchev–Trinajstić information content (AvgIpc) is 2.79. The first-order valence-electron chi connectivity index (χ1n) is 9.74. The zero-order valence-electron chi connectivity index (χ0n) is 17.2. The zero-order valence-corrected chi connectivity index (χ0v) is 18.0. The van der Waals surface area contributed by atoms with E-state index in [0.717, 1.165) is 33.0 Å². The number of hydrogen-bond acceptors (Lipinski definition) is 7. The van der Waals surface area contributed by atoms with E-state index in [1.165, 1.54) is 11.9 Å². The van der Waals surface area contributed by atoms with Gasteiger partial charge < -0.3 is 4.74 Å². The number of rotatable bonds is 7. The minimum absolute atomic E-state index is 0.427. The number of hydrogen-bond donors (Lipinski definition) is 3. The molecule has 0 fully saturated rings.